The van der Waals surface area contributed by atoms with Crippen molar-refractivity contribution >= 4 is 62.3 Å². The Morgan fingerprint density at radius 2 is 1.48 bits per heavy atom. The van der Waals surface area contributed by atoms with Crippen LogP contribution in [0.3, 0.4) is 0 Å². The summed E-state index contributed by atoms with van der Waals surface area (Å²) in [6.07, 6.45) is 0.867. The second-order valence-corrected chi connectivity index (χ2v) is 14.2. The lowest BCUT2D eigenvalue weighted by Crippen LogP contribution is -2.54. The van der Waals surface area contributed by atoms with E-state index in [-0.39, 0.29) is 35.5 Å². The molecule has 0 heterocycles. The zero-order valence-electron chi connectivity index (χ0n) is 25.8. The fraction of sp³-hybridized carbons (Fsp3) is 0.257. The molecule has 0 bridgehead atoms. The quantitative estimate of drug-likeness (QED) is 0.155. The molecule has 4 rings (SSSR count). The van der Waals surface area contributed by atoms with E-state index in [0.717, 1.165) is 15.4 Å². The molecule has 4 aromatic carbocycles. The van der Waals surface area contributed by atoms with Crippen molar-refractivity contribution in [2.24, 2.45) is 0 Å². The first kappa shape index (κ1) is 35.3. The van der Waals surface area contributed by atoms with Gasteiger partial charge in [0, 0.05) is 34.1 Å². The van der Waals surface area contributed by atoms with Gasteiger partial charge in [0.2, 0.25) is 11.8 Å². The van der Waals surface area contributed by atoms with Crippen LogP contribution in [0, 0.1) is 6.92 Å². The lowest BCUT2D eigenvalue weighted by molar-refractivity contribution is -0.140. The van der Waals surface area contributed by atoms with E-state index in [1.807, 2.05) is 51.1 Å². The molecule has 0 aliphatic rings. The average molecular weight is 701 g/mol. The third kappa shape index (κ3) is 9.04. The van der Waals surface area contributed by atoms with Crippen LogP contribution in [0.5, 0.6) is 0 Å². The minimum absolute atomic E-state index is 0.0171. The molecule has 2 amide bonds. The molecule has 11 heteroatoms. The summed E-state index contributed by atoms with van der Waals surface area (Å²) in [5, 5.41) is 4.15. The Balaban J connectivity index is 1.82. The number of hydrogen-bond acceptors (Lipinski definition) is 4. The van der Waals surface area contributed by atoms with Crippen LogP contribution in [-0.4, -0.2) is 43.8 Å². The molecule has 0 unspecified atom stereocenters. The van der Waals surface area contributed by atoms with Gasteiger partial charge in [0.1, 0.15) is 12.6 Å². The minimum atomic E-state index is -4.23. The Bertz CT molecular complexity index is 1750. The highest BCUT2D eigenvalue weighted by Crippen LogP contribution is 2.28. The van der Waals surface area contributed by atoms with E-state index in [1.54, 1.807) is 54.6 Å². The Morgan fingerprint density at radius 3 is 2.09 bits per heavy atom. The Kier molecular flexibility index (Phi) is 12.1. The van der Waals surface area contributed by atoms with Crippen LogP contribution in [0.15, 0.2) is 102 Å². The van der Waals surface area contributed by atoms with Crippen molar-refractivity contribution in [1.29, 1.82) is 0 Å². The maximum absolute atomic E-state index is 14.5. The topological polar surface area (TPSA) is 86.8 Å². The van der Waals surface area contributed by atoms with Crippen LogP contribution in [0.2, 0.25) is 15.1 Å². The van der Waals surface area contributed by atoms with Gasteiger partial charge in [-0.25, -0.2) is 8.42 Å². The van der Waals surface area contributed by atoms with Crippen LogP contribution in [-0.2, 0) is 32.6 Å². The SMILES string of the molecule is CC[C@@H](C)NC(=O)[C@H](Cc1ccccc1)N(Cc1ccc(Cl)cc1Cl)C(=O)CN(c1ccc(Cl)cc1)S(=O)(=O)c1ccc(C)cc1. The second kappa shape index (κ2) is 15.8. The van der Waals surface area contributed by atoms with Crippen LogP contribution in [0.4, 0.5) is 5.69 Å². The maximum atomic E-state index is 14.5. The number of hydrogen-bond donors (Lipinski definition) is 1. The predicted octanol–water partition coefficient (Wildman–Crippen LogP) is 7.71. The number of halogens is 3. The van der Waals surface area contributed by atoms with Crippen LogP contribution in [0.25, 0.3) is 0 Å². The van der Waals surface area contributed by atoms with Crippen LogP contribution < -0.4 is 9.62 Å². The maximum Gasteiger partial charge on any atom is 0.264 e. The van der Waals surface area contributed by atoms with Gasteiger partial charge in [0.05, 0.1) is 10.6 Å². The van der Waals surface area contributed by atoms with E-state index in [1.165, 1.54) is 17.0 Å². The summed E-state index contributed by atoms with van der Waals surface area (Å²) in [5.74, 6) is -0.965. The monoisotopic (exact) mass is 699 g/mol. The molecule has 46 heavy (non-hydrogen) atoms. The molecule has 1 N–H and O–H groups in total. The highest BCUT2D eigenvalue weighted by atomic mass is 35.5. The second-order valence-electron chi connectivity index (χ2n) is 11.1. The normalized spacial score (nSPS) is 12.7. The number of rotatable bonds is 13. The van der Waals surface area contributed by atoms with Crippen molar-refractivity contribution in [2.75, 3.05) is 10.8 Å². The molecule has 0 spiro atoms. The smallest absolute Gasteiger partial charge is 0.264 e. The van der Waals surface area contributed by atoms with E-state index in [4.69, 9.17) is 34.8 Å². The fourth-order valence-electron chi connectivity index (χ4n) is 4.80. The fourth-order valence-corrected chi connectivity index (χ4v) is 6.81. The predicted molar refractivity (Wildman–Crippen MR) is 186 cm³/mol. The number of nitrogens with one attached hydrogen (secondary N) is 1. The van der Waals surface area contributed by atoms with E-state index in [0.29, 0.717) is 27.1 Å². The van der Waals surface area contributed by atoms with Crippen molar-refractivity contribution in [3.05, 3.63) is 129 Å². The molecule has 0 aromatic heterocycles. The number of sulfonamides is 1. The summed E-state index contributed by atoms with van der Waals surface area (Å²) in [6, 6.07) is 25.7. The Morgan fingerprint density at radius 1 is 0.848 bits per heavy atom. The summed E-state index contributed by atoms with van der Waals surface area (Å²) < 4.78 is 29.3. The van der Waals surface area contributed by atoms with Gasteiger partial charge in [-0.15, -0.1) is 0 Å². The highest BCUT2D eigenvalue weighted by Gasteiger charge is 2.35. The molecule has 2 atom stereocenters. The molecule has 0 aliphatic carbocycles. The van der Waals surface area contributed by atoms with Gasteiger partial charge in [-0.3, -0.25) is 13.9 Å². The van der Waals surface area contributed by atoms with E-state index < -0.39 is 28.5 Å². The zero-order chi connectivity index (χ0) is 33.4. The molecular formula is C35H36Cl3N3O4S. The number of carbonyl (C=O) groups is 2. The standard InChI is InChI=1S/C35H36Cl3N3O4S/c1-4-25(3)39-35(43)33(20-26-8-6-5-7-9-26)40(22-27-12-13-29(37)21-32(27)38)34(42)23-41(30-16-14-28(36)15-17-30)46(44,45)31-18-10-24(2)11-19-31/h5-19,21,25,33H,4,20,22-23H2,1-3H3,(H,39,43)/t25-,33+/m1/s1. The van der Waals surface area contributed by atoms with Gasteiger partial charge in [-0.2, -0.15) is 0 Å². The van der Waals surface area contributed by atoms with Crippen molar-refractivity contribution < 1.29 is 18.0 Å². The van der Waals surface area contributed by atoms with Crippen LogP contribution >= 0.6 is 34.8 Å². The van der Waals surface area contributed by atoms with Crippen molar-refractivity contribution in [2.45, 2.75) is 57.1 Å². The molecule has 242 valence electrons. The zero-order valence-corrected chi connectivity index (χ0v) is 28.9. The Labute approximate surface area is 286 Å². The summed E-state index contributed by atoms with van der Waals surface area (Å²) in [7, 11) is -4.23. The first-order valence-electron chi connectivity index (χ1n) is 14.8. The molecule has 0 radical (unpaired) electrons. The summed E-state index contributed by atoms with van der Waals surface area (Å²) in [4.78, 5) is 29.9. The summed E-state index contributed by atoms with van der Waals surface area (Å²) in [6.45, 7) is 5.03. The van der Waals surface area contributed by atoms with Crippen molar-refractivity contribution in [3.8, 4) is 0 Å². The van der Waals surface area contributed by atoms with Gasteiger partial charge in [-0.05, 0) is 79.9 Å². The van der Waals surface area contributed by atoms with E-state index in [9.17, 15) is 18.0 Å². The lowest BCUT2D eigenvalue weighted by Gasteiger charge is -2.34. The lowest BCUT2D eigenvalue weighted by atomic mass is 10.0. The summed E-state index contributed by atoms with van der Waals surface area (Å²) in [5.41, 5.74) is 2.50. The molecular weight excluding hydrogens is 665 g/mol. The first-order chi connectivity index (χ1) is 21.9. The van der Waals surface area contributed by atoms with Gasteiger partial charge in [-0.1, -0.05) is 95.8 Å². The molecule has 7 nitrogen and oxygen atoms in total. The van der Waals surface area contributed by atoms with E-state index >= 15 is 0 Å². The number of anilines is 1. The Hall–Kier alpha value is -3.56. The number of amides is 2. The minimum Gasteiger partial charge on any atom is -0.352 e. The van der Waals surface area contributed by atoms with Gasteiger partial charge in [0.25, 0.3) is 10.0 Å². The number of nitrogens with zero attached hydrogens (tertiary/aromatic N) is 2. The molecule has 4 aromatic rings. The number of carbonyl (C=O) groups excluding carboxylic acids is 2. The van der Waals surface area contributed by atoms with Crippen LogP contribution in [0.1, 0.15) is 37.0 Å². The average Bonchev–Trinajstić information content (AvgIpc) is 3.03. The van der Waals surface area contributed by atoms with Gasteiger partial charge in [0.15, 0.2) is 0 Å². The molecule has 0 saturated carbocycles. The first-order valence-corrected chi connectivity index (χ1v) is 17.4. The third-order valence-electron chi connectivity index (χ3n) is 7.63. The van der Waals surface area contributed by atoms with Crippen molar-refractivity contribution in [3.63, 3.8) is 0 Å². The number of benzene rings is 4. The largest absolute Gasteiger partial charge is 0.352 e. The molecule has 0 fully saturated rings. The van der Waals surface area contributed by atoms with E-state index in [2.05, 4.69) is 5.32 Å². The molecule has 0 saturated heterocycles. The van der Waals surface area contributed by atoms with Gasteiger partial charge >= 0.3 is 0 Å². The van der Waals surface area contributed by atoms with Crippen molar-refractivity contribution in [1.82, 2.24) is 10.2 Å². The molecule has 0 aliphatic heterocycles. The highest BCUT2D eigenvalue weighted by molar-refractivity contribution is 7.92. The third-order valence-corrected chi connectivity index (χ3v) is 10.3. The summed E-state index contributed by atoms with van der Waals surface area (Å²) >= 11 is 18.9. The number of aryl methyl sites for hydroxylation is 1. The van der Waals surface area contributed by atoms with Gasteiger partial charge < -0.3 is 10.2 Å².